The molecule has 3 N–H and O–H groups in total. The molecule has 0 aromatic heterocycles. The van der Waals surface area contributed by atoms with Crippen LogP contribution < -0.4 is 10.2 Å². The smallest absolute Gasteiger partial charge is 0.262 e. The van der Waals surface area contributed by atoms with Gasteiger partial charge in [-0.1, -0.05) is 26.0 Å². The van der Waals surface area contributed by atoms with Crippen LogP contribution in [0.5, 0.6) is 11.5 Å². The summed E-state index contributed by atoms with van der Waals surface area (Å²) in [4.78, 5) is 29.2. The molecule has 32 heavy (non-hydrogen) atoms. The van der Waals surface area contributed by atoms with Gasteiger partial charge < -0.3 is 20.3 Å². The Bertz CT molecular complexity index is 953. The first kappa shape index (κ1) is 23.6. The molecule has 1 aliphatic heterocycles. The molecule has 0 unspecified atom stereocenters. The van der Waals surface area contributed by atoms with E-state index in [1.807, 2.05) is 26.0 Å². The van der Waals surface area contributed by atoms with Crippen molar-refractivity contribution in [3.05, 3.63) is 53.1 Å². The normalized spacial score (nSPS) is 14.4. The highest BCUT2D eigenvalue weighted by molar-refractivity contribution is 6.10. The van der Waals surface area contributed by atoms with Gasteiger partial charge in [0.15, 0.2) is 0 Å². The number of hydrogen-bond donors (Lipinski definition) is 3. The van der Waals surface area contributed by atoms with E-state index in [4.69, 9.17) is 4.74 Å². The van der Waals surface area contributed by atoms with Gasteiger partial charge in [0.2, 0.25) is 5.91 Å². The van der Waals surface area contributed by atoms with E-state index in [9.17, 15) is 19.8 Å². The Morgan fingerprint density at radius 3 is 2.34 bits per heavy atom. The van der Waals surface area contributed by atoms with Crippen LogP contribution in [0.4, 0.5) is 5.69 Å². The highest BCUT2D eigenvalue weighted by Gasteiger charge is 2.25. The second kappa shape index (κ2) is 10.5. The van der Waals surface area contributed by atoms with E-state index < -0.39 is 5.91 Å². The van der Waals surface area contributed by atoms with Crippen LogP contribution in [-0.2, 0) is 16.1 Å². The highest BCUT2D eigenvalue weighted by Crippen LogP contribution is 2.33. The van der Waals surface area contributed by atoms with E-state index in [0.717, 1.165) is 38.4 Å². The molecular formula is C24H31N3O5. The number of rotatable bonds is 7. The summed E-state index contributed by atoms with van der Waals surface area (Å²) in [6.07, 6.45) is 0. The van der Waals surface area contributed by atoms with Crippen LogP contribution in [0.25, 0.3) is 0 Å². The third-order valence-corrected chi connectivity index (χ3v) is 5.58. The molecule has 2 amide bonds. The summed E-state index contributed by atoms with van der Waals surface area (Å²) in [5, 5.41) is 23.0. The highest BCUT2D eigenvalue weighted by atomic mass is 16.5. The fourth-order valence-electron chi connectivity index (χ4n) is 3.67. The Kier molecular flexibility index (Phi) is 7.71. The van der Waals surface area contributed by atoms with Gasteiger partial charge >= 0.3 is 0 Å². The third kappa shape index (κ3) is 5.57. The van der Waals surface area contributed by atoms with Gasteiger partial charge in [0.05, 0.1) is 18.8 Å². The second-order valence-corrected chi connectivity index (χ2v) is 8.20. The number of benzene rings is 2. The number of anilines is 1. The number of nitrogens with one attached hydrogen (secondary N) is 1. The monoisotopic (exact) mass is 441 g/mol. The number of amides is 2. The van der Waals surface area contributed by atoms with Crippen LogP contribution in [-0.4, -0.2) is 66.8 Å². The van der Waals surface area contributed by atoms with Crippen molar-refractivity contribution in [1.82, 2.24) is 10.2 Å². The van der Waals surface area contributed by atoms with Crippen LogP contribution >= 0.6 is 0 Å². The number of carbonyl (C=O) groups is 2. The van der Waals surface area contributed by atoms with Crippen molar-refractivity contribution in [2.45, 2.75) is 26.3 Å². The Labute approximate surface area is 188 Å². The number of aromatic hydroxyl groups is 2. The minimum absolute atomic E-state index is 0.0350. The molecule has 0 bridgehead atoms. The second-order valence-electron chi connectivity index (χ2n) is 8.20. The van der Waals surface area contributed by atoms with E-state index in [0.29, 0.717) is 11.3 Å². The van der Waals surface area contributed by atoms with Gasteiger partial charge in [0.25, 0.3) is 5.91 Å². The number of ether oxygens (including phenoxy) is 1. The van der Waals surface area contributed by atoms with Crippen molar-refractivity contribution in [2.75, 3.05) is 44.8 Å². The molecule has 0 spiro atoms. The standard InChI is InChI=1S/C24H31N3O5/c1-16(2)19-12-20(22(29)13-21(19)28)24(31)27(15-23(30)25-3)18-6-4-17(5-7-18)14-26-8-10-32-11-9-26/h4-7,12-13,16,28-29H,8-11,14-15H2,1-3H3,(H,25,30). The fourth-order valence-corrected chi connectivity index (χ4v) is 3.67. The molecule has 8 heteroatoms. The molecule has 2 aromatic carbocycles. The predicted molar refractivity (Wildman–Crippen MR) is 122 cm³/mol. The third-order valence-electron chi connectivity index (χ3n) is 5.58. The fraction of sp³-hybridized carbons (Fsp3) is 0.417. The number of nitrogens with zero attached hydrogens (tertiary/aromatic N) is 2. The molecule has 172 valence electrons. The molecule has 1 heterocycles. The average Bonchev–Trinajstić information content (AvgIpc) is 2.78. The number of carbonyl (C=O) groups excluding carboxylic acids is 2. The summed E-state index contributed by atoms with van der Waals surface area (Å²) in [5.41, 5.74) is 2.22. The largest absolute Gasteiger partial charge is 0.508 e. The summed E-state index contributed by atoms with van der Waals surface area (Å²) < 4.78 is 5.38. The Morgan fingerprint density at radius 2 is 1.75 bits per heavy atom. The maximum Gasteiger partial charge on any atom is 0.262 e. The number of phenols is 2. The number of likely N-dealkylation sites (N-methyl/N-ethyl adjacent to an activating group) is 1. The zero-order chi connectivity index (χ0) is 23.3. The Balaban J connectivity index is 1.89. The van der Waals surface area contributed by atoms with E-state index in [2.05, 4.69) is 10.2 Å². The molecule has 8 nitrogen and oxygen atoms in total. The van der Waals surface area contributed by atoms with E-state index in [-0.39, 0.29) is 35.4 Å². The van der Waals surface area contributed by atoms with E-state index in [1.54, 1.807) is 12.1 Å². The summed E-state index contributed by atoms with van der Waals surface area (Å²) in [7, 11) is 1.51. The first-order valence-corrected chi connectivity index (χ1v) is 10.8. The molecule has 3 rings (SSSR count). The Hall–Kier alpha value is -3.10. The zero-order valence-corrected chi connectivity index (χ0v) is 18.8. The van der Waals surface area contributed by atoms with Gasteiger partial charge in [-0.05, 0) is 35.2 Å². The van der Waals surface area contributed by atoms with Crippen molar-refractivity contribution in [2.24, 2.45) is 0 Å². The minimum Gasteiger partial charge on any atom is -0.508 e. The zero-order valence-electron chi connectivity index (χ0n) is 18.8. The minimum atomic E-state index is -0.520. The van der Waals surface area contributed by atoms with Gasteiger partial charge in [-0.2, -0.15) is 0 Å². The van der Waals surface area contributed by atoms with Crippen molar-refractivity contribution in [1.29, 1.82) is 0 Å². The van der Waals surface area contributed by atoms with Crippen molar-refractivity contribution < 1.29 is 24.5 Å². The predicted octanol–water partition coefficient (Wildman–Crippen LogP) is 2.45. The maximum absolute atomic E-state index is 13.4. The van der Waals surface area contributed by atoms with Crippen molar-refractivity contribution in [3.63, 3.8) is 0 Å². The van der Waals surface area contributed by atoms with Gasteiger partial charge in [0, 0.05) is 38.4 Å². The number of phenolic OH excluding ortho intramolecular Hbond substituents is 2. The lowest BCUT2D eigenvalue weighted by molar-refractivity contribution is -0.119. The number of hydrogen-bond acceptors (Lipinski definition) is 6. The molecule has 1 fully saturated rings. The summed E-state index contributed by atoms with van der Waals surface area (Å²) in [5.74, 6) is -1.30. The molecule has 0 aliphatic carbocycles. The topological polar surface area (TPSA) is 102 Å². The first-order valence-electron chi connectivity index (χ1n) is 10.8. The molecule has 1 aliphatic rings. The quantitative estimate of drug-likeness (QED) is 0.610. The van der Waals surface area contributed by atoms with Crippen LogP contribution in [0.3, 0.4) is 0 Å². The summed E-state index contributed by atoms with van der Waals surface area (Å²) >= 11 is 0. The first-order chi connectivity index (χ1) is 15.3. The van der Waals surface area contributed by atoms with E-state index in [1.165, 1.54) is 24.1 Å². The van der Waals surface area contributed by atoms with Crippen LogP contribution in [0.1, 0.15) is 41.3 Å². The number of morpholine rings is 1. The summed E-state index contributed by atoms with van der Waals surface area (Å²) in [6, 6.07) is 10.1. The van der Waals surface area contributed by atoms with Crippen molar-refractivity contribution >= 4 is 17.5 Å². The van der Waals surface area contributed by atoms with Crippen LogP contribution in [0, 0.1) is 0 Å². The SMILES string of the molecule is CNC(=O)CN(C(=O)c1cc(C(C)C)c(O)cc1O)c1ccc(CN2CCOCC2)cc1. The van der Waals surface area contributed by atoms with Crippen molar-refractivity contribution in [3.8, 4) is 11.5 Å². The molecular weight excluding hydrogens is 410 g/mol. The average molecular weight is 442 g/mol. The lowest BCUT2D eigenvalue weighted by Crippen LogP contribution is -2.40. The molecule has 1 saturated heterocycles. The van der Waals surface area contributed by atoms with Gasteiger partial charge in [0.1, 0.15) is 18.0 Å². The van der Waals surface area contributed by atoms with E-state index >= 15 is 0 Å². The lowest BCUT2D eigenvalue weighted by Gasteiger charge is -2.27. The van der Waals surface area contributed by atoms with Crippen LogP contribution in [0.2, 0.25) is 0 Å². The van der Waals surface area contributed by atoms with Gasteiger partial charge in [-0.15, -0.1) is 0 Å². The lowest BCUT2D eigenvalue weighted by atomic mass is 9.98. The molecule has 0 radical (unpaired) electrons. The Morgan fingerprint density at radius 1 is 1.09 bits per heavy atom. The van der Waals surface area contributed by atoms with Crippen LogP contribution in [0.15, 0.2) is 36.4 Å². The van der Waals surface area contributed by atoms with Gasteiger partial charge in [-0.25, -0.2) is 0 Å². The maximum atomic E-state index is 13.4. The van der Waals surface area contributed by atoms with Gasteiger partial charge in [-0.3, -0.25) is 19.4 Å². The molecule has 0 atom stereocenters. The molecule has 2 aromatic rings. The summed E-state index contributed by atoms with van der Waals surface area (Å²) in [6.45, 7) is 7.55. The molecule has 0 saturated carbocycles.